The van der Waals surface area contributed by atoms with Gasteiger partial charge in [-0.3, -0.25) is 14.3 Å². The van der Waals surface area contributed by atoms with Gasteiger partial charge in [0.05, 0.1) is 11.3 Å². The normalized spacial score (nSPS) is 11.5. The molecule has 0 bridgehead atoms. The SMILES string of the molecule is CCSc1cccnc1-c1cnc(OCC(C)(F)F)n(C)c1=O. The van der Waals surface area contributed by atoms with Crippen molar-refractivity contribution < 1.29 is 13.5 Å². The average Bonchev–Trinajstić information content (AvgIpc) is 2.49. The Bertz CT molecular complexity index is 744. The number of pyridine rings is 1. The van der Waals surface area contributed by atoms with Crippen molar-refractivity contribution >= 4 is 11.8 Å². The average molecular weight is 341 g/mol. The Labute approximate surface area is 136 Å². The third-order valence-electron chi connectivity index (χ3n) is 2.91. The monoisotopic (exact) mass is 341 g/mol. The van der Waals surface area contributed by atoms with Gasteiger partial charge in [0, 0.05) is 31.3 Å². The van der Waals surface area contributed by atoms with Gasteiger partial charge in [-0.15, -0.1) is 11.8 Å². The molecule has 124 valence electrons. The van der Waals surface area contributed by atoms with Crippen molar-refractivity contribution in [3.8, 4) is 17.3 Å². The van der Waals surface area contributed by atoms with Crippen LogP contribution in [0.25, 0.3) is 11.3 Å². The van der Waals surface area contributed by atoms with Gasteiger partial charge in [0.2, 0.25) is 0 Å². The first-order valence-corrected chi connectivity index (χ1v) is 7.97. The number of ether oxygens (including phenoxy) is 1. The summed E-state index contributed by atoms with van der Waals surface area (Å²) in [6.07, 6.45) is 2.91. The molecule has 0 atom stereocenters. The summed E-state index contributed by atoms with van der Waals surface area (Å²) in [7, 11) is 1.43. The largest absolute Gasteiger partial charge is 0.458 e. The summed E-state index contributed by atoms with van der Waals surface area (Å²) in [4.78, 5) is 21.6. The fourth-order valence-corrected chi connectivity index (χ4v) is 2.67. The van der Waals surface area contributed by atoms with E-state index in [0.29, 0.717) is 11.3 Å². The molecule has 0 amide bonds. The number of hydrogen-bond donors (Lipinski definition) is 0. The van der Waals surface area contributed by atoms with Crippen LogP contribution >= 0.6 is 11.8 Å². The smallest absolute Gasteiger partial charge is 0.299 e. The summed E-state index contributed by atoms with van der Waals surface area (Å²) in [6.45, 7) is 1.90. The van der Waals surface area contributed by atoms with Crippen LogP contribution in [0.5, 0.6) is 6.01 Å². The van der Waals surface area contributed by atoms with Crippen LogP contribution in [0.15, 0.2) is 34.2 Å². The Morgan fingerprint density at radius 3 is 2.78 bits per heavy atom. The number of hydrogen-bond acceptors (Lipinski definition) is 5. The highest BCUT2D eigenvalue weighted by atomic mass is 32.2. The Morgan fingerprint density at radius 2 is 2.13 bits per heavy atom. The van der Waals surface area contributed by atoms with E-state index < -0.39 is 18.1 Å². The minimum absolute atomic E-state index is 0.152. The van der Waals surface area contributed by atoms with E-state index in [1.165, 1.54) is 13.2 Å². The van der Waals surface area contributed by atoms with Crippen LogP contribution in [0.1, 0.15) is 13.8 Å². The van der Waals surface area contributed by atoms with Crippen molar-refractivity contribution in [1.82, 2.24) is 14.5 Å². The second-order valence-corrected chi connectivity index (χ2v) is 6.27. The Morgan fingerprint density at radius 1 is 1.39 bits per heavy atom. The lowest BCUT2D eigenvalue weighted by Gasteiger charge is -2.14. The molecule has 0 fully saturated rings. The maximum atomic E-state index is 12.9. The van der Waals surface area contributed by atoms with Gasteiger partial charge in [-0.2, -0.15) is 0 Å². The first kappa shape index (κ1) is 17.4. The second-order valence-electron chi connectivity index (χ2n) is 4.96. The van der Waals surface area contributed by atoms with Crippen LogP contribution in [0.2, 0.25) is 0 Å². The van der Waals surface area contributed by atoms with Crippen molar-refractivity contribution in [3.05, 3.63) is 34.9 Å². The standard InChI is InChI=1S/C15H17F2N3O2S/c1-4-23-11-6-5-7-18-12(11)10-8-19-14(20(3)13(10)21)22-9-15(2,16)17/h5-8H,4,9H2,1-3H3. The van der Waals surface area contributed by atoms with Gasteiger partial charge < -0.3 is 4.74 Å². The highest BCUT2D eigenvalue weighted by Crippen LogP contribution is 2.27. The number of nitrogens with zero attached hydrogens (tertiary/aromatic N) is 3. The third kappa shape index (κ3) is 4.28. The summed E-state index contributed by atoms with van der Waals surface area (Å²) < 4.78 is 31.8. The van der Waals surface area contributed by atoms with Gasteiger partial charge >= 0.3 is 0 Å². The highest BCUT2D eigenvalue weighted by Gasteiger charge is 2.23. The Hall–Kier alpha value is -1.96. The van der Waals surface area contributed by atoms with Crippen LogP contribution in [0, 0.1) is 0 Å². The van der Waals surface area contributed by atoms with E-state index in [0.717, 1.165) is 22.1 Å². The van der Waals surface area contributed by atoms with E-state index in [9.17, 15) is 13.6 Å². The minimum atomic E-state index is -3.00. The van der Waals surface area contributed by atoms with Crippen LogP contribution in [-0.4, -0.2) is 32.8 Å². The fourth-order valence-electron chi connectivity index (χ4n) is 1.88. The first-order chi connectivity index (χ1) is 10.8. The molecule has 0 spiro atoms. The lowest BCUT2D eigenvalue weighted by molar-refractivity contribution is -0.0268. The summed E-state index contributed by atoms with van der Waals surface area (Å²) in [5.41, 5.74) is 0.436. The maximum absolute atomic E-state index is 12.9. The topological polar surface area (TPSA) is 57.0 Å². The van der Waals surface area contributed by atoms with Crippen LogP contribution < -0.4 is 10.3 Å². The molecule has 0 aliphatic rings. The predicted octanol–water partition coefficient (Wildman–Crippen LogP) is 2.99. The summed E-state index contributed by atoms with van der Waals surface area (Å²) >= 11 is 1.56. The fraction of sp³-hybridized carbons (Fsp3) is 0.400. The van der Waals surface area contributed by atoms with Gasteiger partial charge in [-0.05, 0) is 17.9 Å². The van der Waals surface area contributed by atoms with E-state index in [4.69, 9.17) is 4.74 Å². The molecule has 0 unspecified atom stereocenters. The molecule has 5 nitrogen and oxygen atoms in total. The van der Waals surface area contributed by atoms with Gasteiger partial charge in [0.1, 0.15) is 0 Å². The molecule has 0 aromatic carbocycles. The van der Waals surface area contributed by atoms with Crippen molar-refractivity contribution in [2.75, 3.05) is 12.4 Å². The van der Waals surface area contributed by atoms with E-state index in [1.807, 2.05) is 13.0 Å². The Kier molecular flexibility index (Phi) is 5.35. The molecule has 2 aromatic rings. The molecule has 0 saturated carbocycles. The summed E-state index contributed by atoms with van der Waals surface area (Å²) in [6, 6.07) is 3.51. The first-order valence-electron chi connectivity index (χ1n) is 6.98. The molecule has 2 rings (SSSR count). The molecule has 8 heteroatoms. The molecule has 23 heavy (non-hydrogen) atoms. The van der Waals surface area contributed by atoms with Gasteiger partial charge in [-0.25, -0.2) is 13.8 Å². The highest BCUT2D eigenvalue weighted by molar-refractivity contribution is 7.99. The molecule has 0 N–H and O–H groups in total. The van der Waals surface area contributed by atoms with Gasteiger partial charge in [-0.1, -0.05) is 6.92 Å². The molecular formula is C15H17F2N3O2S. The maximum Gasteiger partial charge on any atom is 0.299 e. The molecule has 2 heterocycles. The second kappa shape index (κ2) is 7.08. The zero-order valence-corrected chi connectivity index (χ0v) is 13.9. The quantitative estimate of drug-likeness (QED) is 0.756. The van der Waals surface area contributed by atoms with Crippen molar-refractivity contribution in [3.63, 3.8) is 0 Å². The van der Waals surface area contributed by atoms with E-state index >= 15 is 0 Å². The van der Waals surface area contributed by atoms with E-state index in [-0.39, 0.29) is 6.01 Å². The number of alkyl halides is 2. The lowest BCUT2D eigenvalue weighted by atomic mass is 10.2. The van der Waals surface area contributed by atoms with E-state index in [1.54, 1.807) is 24.0 Å². The van der Waals surface area contributed by atoms with E-state index in [2.05, 4.69) is 9.97 Å². The Balaban J connectivity index is 2.40. The van der Waals surface area contributed by atoms with Crippen LogP contribution in [0.4, 0.5) is 8.78 Å². The van der Waals surface area contributed by atoms with Gasteiger partial charge in [0.15, 0.2) is 6.61 Å². The number of rotatable bonds is 6. The van der Waals surface area contributed by atoms with Crippen molar-refractivity contribution in [2.45, 2.75) is 24.7 Å². The molecule has 2 aromatic heterocycles. The number of aromatic nitrogens is 3. The minimum Gasteiger partial charge on any atom is -0.458 e. The molecule has 0 aliphatic heterocycles. The molecule has 0 radical (unpaired) electrons. The predicted molar refractivity (Wildman–Crippen MR) is 85.2 cm³/mol. The summed E-state index contributed by atoms with van der Waals surface area (Å²) in [5, 5.41) is 0. The van der Waals surface area contributed by atoms with Crippen LogP contribution in [-0.2, 0) is 7.05 Å². The molecule has 0 aliphatic carbocycles. The lowest BCUT2D eigenvalue weighted by Crippen LogP contribution is -2.27. The number of halogens is 2. The van der Waals surface area contributed by atoms with Crippen molar-refractivity contribution in [1.29, 1.82) is 0 Å². The number of thioether (sulfide) groups is 1. The van der Waals surface area contributed by atoms with Crippen molar-refractivity contribution in [2.24, 2.45) is 7.05 Å². The zero-order chi connectivity index (χ0) is 17.0. The zero-order valence-electron chi connectivity index (χ0n) is 13.0. The summed E-state index contributed by atoms with van der Waals surface area (Å²) in [5.74, 6) is -2.17. The third-order valence-corrected chi connectivity index (χ3v) is 3.84. The van der Waals surface area contributed by atoms with Gasteiger partial charge in [0.25, 0.3) is 17.5 Å². The van der Waals surface area contributed by atoms with Crippen LogP contribution in [0.3, 0.4) is 0 Å². The molecular weight excluding hydrogens is 324 g/mol. The molecule has 0 saturated heterocycles.